The van der Waals surface area contributed by atoms with Gasteiger partial charge in [0.1, 0.15) is 23.2 Å². The van der Waals surface area contributed by atoms with Crippen LogP contribution in [-0.2, 0) is 11.3 Å². The van der Waals surface area contributed by atoms with Crippen molar-refractivity contribution in [3.63, 3.8) is 0 Å². The van der Waals surface area contributed by atoms with Gasteiger partial charge in [0.25, 0.3) is 0 Å². The fourth-order valence-corrected chi connectivity index (χ4v) is 4.22. The number of hydrogen-bond donors (Lipinski definition) is 0. The Labute approximate surface area is 186 Å². The minimum Gasteiger partial charge on any atom is -0.299 e. The summed E-state index contributed by atoms with van der Waals surface area (Å²) in [5.74, 6) is -1.58. The molecule has 3 aromatic rings. The highest BCUT2D eigenvalue weighted by atomic mass is 35.5. The van der Waals surface area contributed by atoms with Gasteiger partial charge in [-0.2, -0.15) is 0 Å². The molecule has 1 saturated heterocycles. The van der Waals surface area contributed by atoms with Crippen molar-refractivity contribution >= 4 is 18.2 Å². The normalized spacial score (nSPS) is 16.9. The van der Waals surface area contributed by atoms with Gasteiger partial charge < -0.3 is 0 Å². The number of hydrogen-bond acceptors (Lipinski definition) is 2. The van der Waals surface area contributed by atoms with Gasteiger partial charge in [-0.05, 0) is 41.5 Å². The van der Waals surface area contributed by atoms with E-state index in [1.54, 1.807) is 42.5 Å². The van der Waals surface area contributed by atoms with E-state index >= 15 is 0 Å². The van der Waals surface area contributed by atoms with Crippen LogP contribution in [0.4, 0.5) is 13.2 Å². The number of ketones is 1. The maximum Gasteiger partial charge on any atom is 0.139 e. The van der Waals surface area contributed by atoms with E-state index in [0.29, 0.717) is 31.6 Å². The Morgan fingerprint density at radius 2 is 1.39 bits per heavy atom. The first-order valence-electron chi connectivity index (χ1n) is 10.0. The summed E-state index contributed by atoms with van der Waals surface area (Å²) in [6.07, 6.45) is 0.359. The molecule has 0 N–H and O–H groups in total. The van der Waals surface area contributed by atoms with Crippen LogP contribution in [0.25, 0.3) is 0 Å². The highest BCUT2D eigenvalue weighted by Crippen LogP contribution is 2.36. The second kappa shape index (κ2) is 10.1. The summed E-state index contributed by atoms with van der Waals surface area (Å²) in [5.41, 5.74) is 2.19. The van der Waals surface area contributed by atoms with E-state index in [0.717, 1.165) is 11.1 Å². The summed E-state index contributed by atoms with van der Waals surface area (Å²) in [6.45, 7) is 1.42. The van der Waals surface area contributed by atoms with Crippen molar-refractivity contribution in [2.45, 2.75) is 18.9 Å². The molecule has 31 heavy (non-hydrogen) atoms. The molecule has 0 bridgehead atoms. The zero-order chi connectivity index (χ0) is 21.1. The van der Waals surface area contributed by atoms with E-state index in [4.69, 9.17) is 0 Å². The lowest BCUT2D eigenvalue weighted by molar-refractivity contribution is -0.126. The van der Waals surface area contributed by atoms with Crippen molar-refractivity contribution in [1.29, 1.82) is 0 Å². The van der Waals surface area contributed by atoms with Gasteiger partial charge >= 0.3 is 0 Å². The molecule has 2 nitrogen and oxygen atoms in total. The standard InChI is InChI=1S/C25H22F3NO.ClH/c26-20-9-5-17(6-10-20)25(18-7-11-21(27)12-8-18)22-16-29(14-13-24(22)30)15-19-3-1-2-4-23(19)28;/h1-12,22,25H,13-16H2;1H. The number of benzene rings is 3. The van der Waals surface area contributed by atoms with Gasteiger partial charge in [-0.1, -0.05) is 42.5 Å². The first kappa shape index (κ1) is 23.0. The summed E-state index contributed by atoms with van der Waals surface area (Å²) in [6, 6.07) is 18.8. The summed E-state index contributed by atoms with van der Waals surface area (Å²) in [5, 5.41) is 0. The van der Waals surface area contributed by atoms with E-state index in [1.807, 2.05) is 0 Å². The van der Waals surface area contributed by atoms with Crippen LogP contribution in [-0.4, -0.2) is 23.8 Å². The molecule has 6 heteroatoms. The van der Waals surface area contributed by atoms with Crippen LogP contribution in [0.15, 0.2) is 72.8 Å². The lowest BCUT2D eigenvalue weighted by Crippen LogP contribution is -2.43. The molecule has 0 saturated carbocycles. The van der Waals surface area contributed by atoms with Crippen LogP contribution < -0.4 is 0 Å². The lowest BCUT2D eigenvalue weighted by Gasteiger charge is -2.36. The Bertz CT molecular complexity index is 978. The quantitative estimate of drug-likeness (QED) is 0.498. The average molecular weight is 446 g/mol. The van der Waals surface area contributed by atoms with Gasteiger partial charge in [0, 0.05) is 43.5 Å². The molecule has 0 aliphatic carbocycles. The maximum atomic E-state index is 14.1. The van der Waals surface area contributed by atoms with Crippen molar-refractivity contribution in [3.8, 4) is 0 Å². The molecule has 3 aromatic carbocycles. The van der Waals surface area contributed by atoms with Crippen molar-refractivity contribution in [3.05, 3.63) is 107 Å². The van der Waals surface area contributed by atoms with Crippen LogP contribution in [0.3, 0.4) is 0 Å². The smallest absolute Gasteiger partial charge is 0.139 e. The Morgan fingerprint density at radius 3 is 1.94 bits per heavy atom. The molecule has 1 aliphatic heterocycles. The topological polar surface area (TPSA) is 20.3 Å². The number of carbonyl (C=O) groups is 1. The van der Waals surface area contributed by atoms with E-state index in [-0.39, 0.29) is 47.5 Å². The molecule has 1 atom stereocenters. The third-order valence-electron chi connectivity index (χ3n) is 5.76. The fourth-order valence-electron chi connectivity index (χ4n) is 4.22. The number of nitrogens with zero attached hydrogens (tertiary/aromatic N) is 1. The number of rotatable bonds is 5. The third-order valence-corrected chi connectivity index (χ3v) is 5.76. The molecule has 0 radical (unpaired) electrons. The van der Waals surface area contributed by atoms with Crippen molar-refractivity contribution in [2.24, 2.45) is 5.92 Å². The van der Waals surface area contributed by atoms with Crippen LogP contribution in [0.2, 0.25) is 0 Å². The summed E-state index contributed by atoms with van der Waals surface area (Å²) >= 11 is 0. The number of carbonyl (C=O) groups excluding carboxylic acids is 1. The Balaban J connectivity index is 0.00000272. The van der Waals surface area contributed by atoms with Crippen LogP contribution in [0, 0.1) is 23.4 Å². The summed E-state index contributed by atoms with van der Waals surface area (Å²) in [7, 11) is 0. The molecule has 4 rings (SSSR count). The predicted octanol–water partition coefficient (Wildman–Crippen LogP) is 5.75. The minimum absolute atomic E-state index is 0. The SMILES string of the molecule is Cl.O=C1CCN(Cc2ccccc2F)CC1C(c1ccc(F)cc1)c1ccc(F)cc1. The van der Waals surface area contributed by atoms with Crippen molar-refractivity contribution in [2.75, 3.05) is 13.1 Å². The number of Topliss-reactive ketones (excluding diaryl/α,β-unsaturated/α-hetero) is 1. The van der Waals surface area contributed by atoms with Crippen LogP contribution in [0.1, 0.15) is 29.0 Å². The highest BCUT2D eigenvalue weighted by Gasteiger charge is 2.35. The lowest BCUT2D eigenvalue weighted by atomic mass is 9.76. The first-order valence-corrected chi connectivity index (χ1v) is 10.0. The van der Waals surface area contributed by atoms with Gasteiger partial charge in [0.2, 0.25) is 0 Å². The fraction of sp³-hybridized carbons (Fsp3) is 0.240. The highest BCUT2D eigenvalue weighted by molar-refractivity contribution is 5.85. The van der Waals surface area contributed by atoms with Gasteiger partial charge in [-0.15, -0.1) is 12.4 Å². The average Bonchev–Trinajstić information content (AvgIpc) is 2.75. The van der Waals surface area contributed by atoms with E-state index in [9.17, 15) is 18.0 Å². The largest absolute Gasteiger partial charge is 0.299 e. The number of halogens is 4. The first-order chi connectivity index (χ1) is 14.5. The molecular weight excluding hydrogens is 423 g/mol. The molecule has 1 unspecified atom stereocenters. The van der Waals surface area contributed by atoms with Gasteiger partial charge in [0.15, 0.2) is 0 Å². The second-order valence-electron chi connectivity index (χ2n) is 7.73. The minimum atomic E-state index is -0.388. The number of likely N-dealkylation sites (tertiary alicyclic amines) is 1. The second-order valence-corrected chi connectivity index (χ2v) is 7.73. The van der Waals surface area contributed by atoms with Gasteiger partial charge in [-0.25, -0.2) is 13.2 Å². The molecule has 162 valence electrons. The monoisotopic (exact) mass is 445 g/mol. The zero-order valence-electron chi connectivity index (χ0n) is 16.8. The van der Waals surface area contributed by atoms with E-state index in [1.165, 1.54) is 30.3 Å². The van der Waals surface area contributed by atoms with E-state index < -0.39 is 0 Å². The maximum absolute atomic E-state index is 14.1. The molecular formula is C25H23ClF3NO. The van der Waals surface area contributed by atoms with Crippen molar-refractivity contribution in [1.82, 2.24) is 4.90 Å². The Hall–Kier alpha value is -2.63. The van der Waals surface area contributed by atoms with Gasteiger partial charge in [0.05, 0.1) is 0 Å². The Morgan fingerprint density at radius 1 is 0.839 bits per heavy atom. The molecule has 1 fully saturated rings. The van der Waals surface area contributed by atoms with Gasteiger partial charge in [-0.3, -0.25) is 9.69 Å². The van der Waals surface area contributed by atoms with Crippen LogP contribution in [0.5, 0.6) is 0 Å². The summed E-state index contributed by atoms with van der Waals surface area (Å²) < 4.78 is 41.1. The number of piperidine rings is 1. The Kier molecular flexibility index (Phi) is 7.52. The molecule has 1 aliphatic rings. The molecule has 1 heterocycles. The molecule has 0 spiro atoms. The van der Waals surface area contributed by atoms with Crippen molar-refractivity contribution < 1.29 is 18.0 Å². The molecule has 0 aromatic heterocycles. The van der Waals surface area contributed by atoms with E-state index in [2.05, 4.69) is 4.90 Å². The third kappa shape index (κ3) is 5.35. The summed E-state index contributed by atoms with van der Waals surface area (Å²) in [4.78, 5) is 15.0. The molecule has 0 amide bonds. The zero-order valence-corrected chi connectivity index (χ0v) is 17.6. The predicted molar refractivity (Wildman–Crippen MR) is 117 cm³/mol. The van der Waals surface area contributed by atoms with Crippen LogP contribution >= 0.6 is 12.4 Å².